The van der Waals surface area contributed by atoms with Crippen LogP contribution in [-0.2, 0) is 16.1 Å². The Morgan fingerprint density at radius 1 is 1.03 bits per heavy atom. The van der Waals surface area contributed by atoms with Crippen LogP contribution in [0.15, 0.2) is 77.7 Å². The van der Waals surface area contributed by atoms with E-state index in [0.717, 1.165) is 27.9 Å². The first-order valence-corrected chi connectivity index (χ1v) is 12.2. The lowest BCUT2D eigenvalue weighted by atomic mass is 10.0. The van der Waals surface area contributed by atoms with Gasteiger partial charge in [0.05, 0.1) is 11.4 Å². The molecule has 0 saturated carbocycles. The third-order valence-electron chi connectivity index (χ3n) is 5.53. The van der Waals surface area contributed by atoms with Crippen LogP contribution in [0.4, 0.5) is 14.9 Å². The number of imide groups is 1. The molecular weight excluding hydrogens is 479 g/mol. The zero-order valence-corrected chi connectivity index (χ0v) is 20.7. The highest BCUT2D eigenvalue weighted by molar-refractivity contribution is 8.18. The highest BCUT2D eigenvalue weighted by atomic mass is 32.2. The van der Waals surface area contributed by atoms with Gasteiger partial charge in [-0.3, -0.25) is 19.3 Å². The standard InChI is InChI=1S/C28H25FN2O4S/c1-18(2)23-5-3-4-6-24(23)30-26(32)17-35-22-13-9-19(10-14-22)15-25-27(33)31(28(34)36-25)16-20-7-11-21(29)12-8-20/h3-15,18H,16-17H2,1-2H3,(H,30,32)/b25-15-. The summed E-state index contributed by atoms with van der Waals surface area (Å²) in [5, 5.41) is 2.51. The number of anilines is 1. The smallest absolute Gasteiger partial charge is 0.293 e. The molecule has 1 aliphatic heterocycles. The average molecular weight is 505 g/mol. The summed E-state index contributed by atoms with van der Waals surface area (Å²) in [4.78, 5) is 38.9. The van der Waals surface area contributed by atoms with Crippen molar-refractivity contribution in [2.24, 2.45) is 0 Å². The number of nitrogens with one attached hydrogen (secondary N) is 1. The van der Waals surface area contributed by atoms with Gasteiger partial charge in [-0.25, -0.2) is 4.39 Å². The largest absolute Gasteiger partial charge is 0.484 e. The number of benzene rings is 3. The second-order valence-electron chi connectivity index (χ2n) is 8.54. The fourth-order valence-corrected chi connectivity index (χ4v) is 4.51. The highest BCUT2D eigenvalue weighted by Crippen LogP contribution is 2.33. The van der Waals surface area contributed by atoms with Crippen LogP contribution in [0.2, 0.25) is 0 Å². The summed E-state index contributed by atoms with van der Waals surface area (Å²) in [6, 6.07) is 20.2. The molecule has 3 aromatic rings. The van der Waals surface area contributed by atoms with E-state index in [1.807, 2.05) is 24.3 Å². The first-order valence-electron chi connectivity index (χ1n) is 11.4. The van der Waals surface area contributed by atoms with Gasteiger partial charge >= 0.3 is 0 Å². The van der Waals surface area contributed by atoms with Crippen LogP contribution < -0.4 is 10.1 Å². The third kappa shape index (κ3) is 6.20. The summed E-state index contributed by atoms with van der Waals surface area (Å²) >= 11 is 0.862. The fourth-order valence-electron chi connectivity index (χ4n) is 3.67. The van der Waals surface area contributed by atoms with Crippen LogP contribution in [-0.4, -0.2) is 28.6 Å². The SMILES string of the molecule is CC(C)c1ccccc1NC(=O)COc1ccc(/C=C2\SC(=O)N(Cc3ccc(F)cc3)C2=O)cc1. The van der Waals surface area contributed by atoms with Crippen molar-refractivity contribution in [2.45, 2.75) is 26.3 Å². The van der Waals surface area contributed by atoms with Gasteiger partial charge in [-0.1, -0.05) is 56.3 Å². The maximum Gasteiger partial charge on any atom is 0.293 e. The Hall–Kier alpha value is -3.91. The number of carbonyl (C=O) groups excluding carboxylic acids is 3. The maximum atomic E-state index is 13.1. The van der Waals surface area contributed by atoms with Crippen molar-refractivity contribution in [1.29, 1.82) is 0 Å². The van der Waals surface area contributed by atoms with Crippen molar-refractivity contribution >= 4 is 40.6 Å². The zero-order valence-electron chi connectivity index (χ0n) is 19.9. The number of nitrogens with zero attached hydrogens (tertiary/aromatic N) is 1. The third-order valence-corrected chi connectivity index (χ3v) is 6.44. The minimum absolute atomic E-state index is 0.0821. The number of amides is 3. The molecular formula is C28H25FN2O4S. The molecule has 4 rings (SSSR count). The number of rotatable bonds is 8. The maximum absolute atomic E-state index is 13.1. The van der Waals surface area contributed by atoms with Crippen LogP contribution in [0.3, 0.4) is 0 Å². The van der Waals surface area contributed by atoms with Gasteiger partial charge in [0.2, 0.25) is 0 Å². The van der Waals surface area contributed by atoms with E-state index in [0.29, 0.717) is 21.8 Å². The zero-order chi connectivity index (χ0) is 25.7. The van der Waals surface area contributed by atoms with Crippen molar-refractivity contribution in [1.82, 2.24) is 4.90 Å². The quantitative estimate of drug-likeness (QED) is 0.370. The van der Waals surface area contributed by atoms with Crippen LogP contribution >= 0.6 is 11.8 Å². The fraction of sp³-hybridized carbons (Fsp3) is 0.179. The summed E-state index contributed by atoms with van der Waals surface area (Å²) < 4.78 is 18.7. The minimum Gasteiger partial charge on any atom is -0.484 e. The van der Waals surface area contributed by atoms with Crippen molar-refractivity contribution in [2.75, 3.05) is 11.9 Å². The molecule has 3 aromatic carbocycles. The topological polar surface area (TPSA) is 75.7 Å². The van der Waals surface area contributed by atoms with Crippen LogP contribution in [0, 0.1) is 5.82 Å². The van der Waals surface area contributed by atoms with Crippen molar-refractivity contribution in [3.63, 3.8) is 0 Å². The molecule has 1 aliphatic rings. The van der Waals surface area contributed by atoms with Crippen molar-refractivity contribution < 1.29 is 23.5 Å². The molecule has 6 nitrogen and oxygen atoms in total. The summed E-state index contributed by atoms with van der Waals surface area (Å²) in [6.45, 7) is 4.07. The normalized spacial score (nSPS) is 14.6. The predicted octanol–water partition coefficient (Wildman–Crippen LogP) is 6.20. The Balaban J connectivity index is 1.34. The van der Waals surface area contributed by atoms with Crippen molar-refractivity contribution in [3.8, 4) is 5.75 Å². The van der Waals surface area contributed by atoms with Gasteiger partial charge in [0.1, 0.15) is 11.6 Å². The van der Waals surface area contributed by atoms with E-state index in [-0.39, 0.29) is 36.0 Å². The predicted molar refractivity (Wildman–Crippen MR) is 139 cm³/mol. The number of hydrogen-bond donors (Lipinski definition) is 1. The van der Waals surface area contributed by atoms with E-state index in [4.69, 9.17) is 4.74 Å². The Morgan fingerprint density at radius 2 is 1.72 bits per heavy atom. The number of para-hydroxylation sites is 1. The molecule has 8 heteroatoms. The second kappa shape index (κ2) is 11.2. The Labute approximate surface area is 213 Å². The van der Waals surface area contributed by atoms with Crippen LogP contribution in [0.25, 0.3) is 6.08 Å². The monoisotopic (exact) mass is 504 g/mol. The molecule has 0 bridgehead atoms. The number of ether oxygens (including phenoxy) is 1. The molecule has 0 aromatic heterocycles. The van der Waals surface area contributed by atoms with Crippen molar-refractivity contribution in [3.05, 3.63) is 100 Å². The Kier molecular flexibility index (Phi) is 7.85. The van der Waals surface area contributed by atoms with E-state index in [9.17, 15) is 18.8 Å². The van der Waals surface area contributed by atoms with Crippen LogP contribution in [0.1, 0.15) is 36.5 Å². The molecule has 1 N–H and O–H groups in total. The van der Waals surface area contributed by atoms with Gasteiger partial charge < -0.3 is 10.1 Å². The molecule has 0 radical (unpaired) electrons. The molecule has 1 heterocycles. The van der Waals surface area contributed by atoms with Crippen LogP contribution in [0.5, 0.6) is 5.75 Å². The molecule has 1 fully saturated rings. The van der Waals surface area contributed by atoms with Gasteiger partial charge in [-0.05, 0) is 70.8 Å². The molecule has 0 unspecified atom stereocenters. The van der Waals surface area contributed by atoms with Gasteiger partial charge in [0.25, 0.3) is 17.1 Å². The molecule has 0 atom stereocenters. The van der Waals surface area contributed by atoms with Gasteiger partial charge in [-0.15, -0.1) is 0 Å². The first-order chi connectivity index (χ1) is 17.3. The summed E-state index contributed by atoms with van der Waals surface area (Å²) in [6.07, 6.45) is 1.63. The molecule has 1 saturated heterocycles. The minimum atomic E-state index is -0.395. The molecule has 0 aliphatic carbocycles. The van der Waals surface area contributed by atoms with E-state index in [1.54, 1.807) is 42.5 Å². The lowest BCUT2D eigenvalue weighted by Gasteiger charge is -2.14. The summed E-state index contributed by atoms with van der Waals surface area (Å²) in [5.74, 6) is -0.254. The average Bonchev–Trinajstić information content (AvgIpc) is 3.12. The highest BCUT2D eigenvalue weighted by Gasteiger charge is 2.34. The first kappa shape index (κ1) is 25.2. The van der Waals surface area contributed by atoms with Gasteiger partial charge in [0, 0.05) is 5.69 Å². The van der Waals surface area contributed by atoms with Gasteiger partial charge in [-0.2, -0.15) is 0 Å². The lowest BCUT2D eigenvalue weighted by molar-refractivity contribution is -0.123. The van der Waals surface area contributed by atoms with E-state index in [2.05, 4.69) is 19.2 Å². The molecule has 0 spiro atoms. The summed E-state index contributed by atoms with van der Waals surface area (Å²) in [7, 11) is 0. The number of thioether (sulfide) groups is 1. The van der Waals surface area contributed by atoms with Gasteiger partial charge in [0.15, 0.2) is 6.61 Å². The molecule has 184 valence electrons. The Morgan fingerprint density at radius 3 is 2.42 bits per heavy atom. The Bertz CT molecular complexity index is 1300. The summed E-state index contributed by atoms with van der Waals surface area (Å²) in [5.41, 5.74) is 3.20. The number of hydrogen-bond acceptors (Lipinski definition) is 5. The van der Waals surface area contributed by atoms with E-state index < -0.39 is 5.91 Å². The number of halogens is 1. The van der Waals surface area contributed by atoms with E-state index in [1.165, 1.54) is 12.1 Å². The second-order valence-corrected chi connectivity index (χ2v) is 9.54. The molecule has 3 amide bonds. The number of carbonyl (C=O) groups is 3. The molecule has 36 heavy (non-hydrogen) atoms. The van der Waals surface area contributed by atoms with E-state index >= 15 is 0 Å². The lowest BCUT2D eigenvalue weighted by Crippen LogP contribution is -2.27.